The van der Waals surface area contributed by atoms with Crippen LogP contribution < -0.4 is 9.47 Å². The van der Waals surface area contributed by atoms with E-state index in [2.05, 4.69) is 42.9 Å². The third-order valence-electron chi connectivity index (χ3n) is 5.25. The van der Waals surface area contributed by atoms with Crippen LogP contribution in [0, 0.1) is 5.41 Å². The molecule has 5 rings (SSSR count). The molecule has 1 aromatic heterocycles. The van der Waals surface area contributed by atoms with E-state index in [1.807, 2.05) is 42.2 Å². The Balaban J connectivity index is 1.60. The van der Waals surface area contributed by atoms with Crippen LogP contribution in [0.1, 0.15) is 31.9 Å². The number of aliphatic imine (C=N–C) groups is 1. The van der Waals surface area contributed by atoms with Crippen molar-refractivity contribution in [2.45, 2.75) is 26.3 Å². The molecule has 0 radical (unpaired) electrons. The van der Waals surface area contributed by atoms with E-state index in [-0.39, 0.29) is 5.41 Å². The molecule has 2 aliphatic rings. The summed E-state index contributed by atoms with van der Waals surface area (Å²) in [4.78, 5) is 13.3. The summed E-state index contributed by atoms with van der Waals surface area (Å²) in [5.41, 5.74) is 5.67. The van der Waals surface area contributed by atoms with E-state index < -0.39 is 5.54 Å². The lowest BCUT2D eigenvalue weighted by Gasteiger charge is -2.35. The van der Waals surface area contributed by atoms with E-state index in [1.54, 1.807) is 18.1 Å². The normalized spacial score (nSPS) is 19.3. The maximum Gasteiger partial charge on any atom is 0.133 e. The Bertz CT molecular complexity index is 1130. The summed E-state index contributed by atoms with van der Waals surface area (Å²) in [6, 6.07) is 12.3. The number of rotatable bonds is 3. The summed E-state index contributed by atoms with van der Waals surface area (Å²) >= 11 is 1.72. The minimum atomic E-state index is -0.486. The van der Waals surface area contributed by atoms with Gasteiger partial charge in [0.15, 0.2) is 0 Å². The summed E-state index contributed by atoms with van der Waals surface area (Å²) in [7, 11) is 0. The van der Waals surface area contributed by atoms with Crippen LogP contribution in [-0.2, 0) is 5.54 Å². The Morgan fingerprint density at radius 3 is 2.43 bits per heavy atom. The molecule has 5 nitrogen and oxygen atoms in total. The van der Waals surface area contributed by atoms with Gasteiger partial charge in [0.05, 0.1) is 12.2 Å². The first-order valence-corrected chi connectivity index (χ1v) is 11.0. The van der Waals surface area contributed by atoms with Crippen LogP contribution in [-0.4, -0.2) is 27.9 Å². The predicted octanol–water partition coefficient (Wildman–Crippen LogP) is 5.69. The summed E-state index contributed by atoms with van der Waals surface area (Å²) in [5, 5.41) is 0. The Morgan fingerprint density at radius 2 is 1.73 bits per heavy atom. The quantitative estimate of drug-likeness (QED) is 0.548. The molecule has 0 amide bonds. The molecule has 1 spiro atoms. The van der Waals surface area contributed by atoms with Crippen molar-refractivity contribution in [1.29, 1.82) is 0 Å². The second-order valence-electron chi connectivity index (χ2n) is 8.85. The van der Waals surface area contributed by atoms with Crippen LogP contribution in [0.3, 0.4) is 0 Å². The average molecular weight is 418 g/mol. The fourth-order valence-electron chi connectivity index (χ4n) is 3.76. The molecular formula is C24H23N3O2S. The Kier molecular flexibility index (Phi) is 4.54. The number of hydrogen-bond donors (Lipinski definition) is 0. The minimum absolute atomic E-state index is 0.0880. The zero-order chi connectivity index (χ0) is 20.8. The fourth-order valence-corrected chi connectivity index (χ4v) is 4.72. The summed E-state index contributed by atoms with van der Waals surface area (Å²) in [6.07, 6.45) is 5.19. The number of benzene rings is 2. The summed E-state index contributed by atoms with van der Waals surface area (Å²) in [6.45, 7) is 7.14. The second kappa shape index (κ2) is 7.13. The highest BCUT2D eigenvalue weighted by Crippen LogP contribution is 2.53. The molecule has 3 aromatic rings. The first-order chi connectivity index (χ1) is 14.4. The van der Waals surface area contributed by atoms with Gasteiger partial charge in [-0.2, -0.15) is 0 Å². The molecule has 152 valence electrons. The smallest absolute Gasteiger partial charge is 0.133 e. The van der Waals surface area contributed by atoms with E-state index in [4.69, 9.17) is 14.5 Å². The van der Waals surface area contributed by atoms with Crippen LogP contribution in [0.15, 0.2) is 60.1 Å². The number of fused-ring (bicyclic) bond motifs is 4. The fraction of sp³-hybridized carbons (Fsp3) is 0.292. The molecule has 0 N–H and O–H groups in total. The van der Waals surface area contributed by atoms with Gasteiger partial charge >= 0.3 is 0 Å². The highest BCUT2D eigenvalue weighted by molar-refractivity contribution is 8.12. The first-order valence-electron chi connectivity index (χ1n) is 9.95. The number of hydrogen-bond acceptors (Lipinski definition) is 6. The Morgan fingerprint density at radius 1 is 1.00 bits per heavy atom. The highest BCUT2D eigenvalue weighted by atomic mass is 32.2. The molecule has 2 aliphatic heterocycles. The van der Waals surface area contributed by atoms with Crippen molar-refractivity contribution in [2.24, 2.45) is 10.4 Å². The summed E-state index contributed by atoms with van der Waals surface area (Å²) in [5.74, 6) is 3.34. The molecule has 0 saturated heterocycles. The van der Waals surface area contributed by atoms with E-state index in [0.29, 0.717) is 6.61 Å². The number of thioether (sulfide) groups is 1. The topological polar surface area (TPSA) is 56.6 Å². The monoisotopic (exact) mass is 417 g/mol. The van der Waals surface area contributed by atoms with Crippen LogP contribution in [0.25, 0.3) is 11.1 Å². The molecular weight excluding hydrogens is 394 g/mol. The molecule has 0 bridgehead atoms. The van der Waals surface area contributed by atoms with Gasteiger partial charge in [-0.1, -0.05) is 26.8 Å². The minimum Gasteiger partial charge on any atom is -0.493 e. The molecule has 0 fully saturated rings. The zero-order valence-electron chi connectivity index (χ0n) is 17.3. The van der Waals surface area contributed by atoms with Crippen molar-refractivity contribution in [2.75, 3.05) is 12.4 Å². The summed E-state index contributed by atoms with van der Waals surface area (Å²) < 4.78 is 12.4. The van der Waals surface area contributed by atoms with Gasteiger partial charge in [0.2, 0.25) is 0 Å². The van der Waals surface area contributed by atoms with Gasteiger partial charge in [-0.3, -0.25) is 4.99 Å². The van der Waals surface area contributed by atoms with Crippen molar-refractivity contribution < 1.29 is 9.47 Å². The van der Waals surface area contributed by atoms with Crippen LogP contribution in [0.4, 0.5) is 0 Å². The highest BCUT2D eigenvalue weighted by Gasteiger charge is 2.44. The lowest BCUT2D eigenvalue weighted by atomic mass is 9.81. The van der Waals surface area contributed by atoms with Crippen molar-refractivity contribution in [3.63, 3.8) is 0 Å². The molecule has 0 saturated carbocycles. The molecule has 2 aromatic carbocycles. The molecule has 3 heterocycles. The molecule has 1 atom stereocenters. The third kappa shape index (κ3) is 3.35. The van der Waals surface area contributed by atoms with Gasteiger partial charge < -0.3 is 9.47 Å². The standard InChI is InChI=1S/C24H23N3O2S/c1-23(2,3)12-28-18-5-7-22-20(9-18)24(13-30-15-27-24)19-8-16(4-6-21(19)29-22)17-10-25-14-26-11-17/h4-11,14-15H,12-13H2,1-3H3/t24-/m0/s1. The van der Waals surface area contributed by atoms with Gasteiger partial charge in [-0.05, 0) is 41.3 Å². The lowest BCUT2D eigenvalue weighted by Crippen LogP contribution is -2.30. The lowest BCUT2D eigenvalue weighted by molar-refractivity contribution is 0.197. The van der Waals surface area contributed by atoms with Crippen LogP contribution in [0.2, 0.25) is 0 Å². The predicted molar refractivity (Wildman–Crippen MR) is 121 cm³/mol. The SMILES string of the molecule is CC(C)(C)COc1ccc2c(c1)[C@]1(CSC=N1)c1cc(-c3cncnc3)ccc1O2. The number of ether oxygens (including phenoxy) is 2. The maximum absolute atomic E-state index is 6.29. The van der Waals surface area contributed by atoms with Crippen molar-refractivity contribution in [3.8, 4) is 28.4 Å². The van der Waals surface area contributed by atoms with Gasteiger partial charge in [0.25, 0.3) is 0 Å². The van der Waals surface area contributed by atoms with E-state index in [9.17, 15) is 0 Å². The molecule has 30 heavy (non-hydrogen) atoms. The van der Waals surface area contributed by atoms with Crippen molar-refractivity contribution in [1.82, 2.24) is 9.97 Å². The Hall–Kier alpha value is -2.86. The largest absolute Gasteiger partial charge is 0.493 e. The van der Waals surface area contributed by atoms with Gasteiger partial charge in [-0.15, -0.1) is 11.8 Å². The maximum atomic E-state index is 6.29. The van der Waals surface area contributed by atoms with Crippen molar-refractivity contribution in [3.05, 3.63) is 66.2 Å². The first kappa shape index (κ1) is 19.1. The van der Waals surface area contributed by atoms with E-state index in [0.717, 1.165) is 45.3 Å². The number of aromatic nitrogens is 2. The van der Waals surface area contributed by atoms with Gasteiger partial charge in [-0.25, -0.2) is 9.97 Å². The zero-order valence-corrected chi connectivity index (χ0v) is 18.1. The van der Waals surface area contributed by atoms with Crippen LogP contribution >= 0.6 is 11.8 Å². The molecule has 6 heteroatoms. The third-order valence-corrected chi connectivity index (χ3v) is 6.09. The molecule has 0 aliphatic carbocycles. The molecule has 0 unspecified atom stereocenters. The van der Waals surface area contributed by atoms with Gasteiger partial charge in [0, 0.05) is 34.8 Å². The number of nitrogens with zero attached hydrogens (tertiary/aromatic N) is 3. The Labute approximate surface area is 180 Å². The average Bonchev–Trinajstić information content (AvgIpc) is 3.23. The second-order valence-corrected chi connectivity index (χ2v) is 9.69. The van der Waals surface area contributed by atoms with E-state index in [1.165, 1.54) is 0 Å². The van der Waals surface area contributed by atoms with Gasteiger partial charge in [0.1, 0.15) is 29.1 Å². The van der Waals surface area contributed by atoms with E-state index >= 15 is 0 Å². The van der Waals surface area contributed by atoms with Crippen molar-refractivity contribution >= 4 is 17.3 Å². The van der Waals surface area contributed by atoms with Crippen LogP contribution in [0.5, 0.6) is 17.2 Å².